The molecule has 29 heavy (non-hydrogen) atoms. The van der Waals surface area contributed by atoms with Crippen LogP contribution in [-0.4, -0.2) is 34.7 Å². The number of aromatic hydroxyl groups is 1. The van der Waals surface area contributed by atoms with Gasteiger partial charge >= 0.3 is 0 Å². The summed E-state index contributed by atoms with van der Waals surface area (Å²) in [5.74, 6) is -4.37. The number of benzene rings is 2. The summed E-state index contributed by atoms with van der Waals surface area (Å²) in [5, 5.41) is 40.1. The van der Waals surface area contributed by atoms with Crippen molar-refractivity contribution in [2.24, 2.45) is 0 Å². The van der Waals surface area contributed by atoms with E-state index in [9.17, 15) is 14.6 Å². The van der Waals surface area contributed by atoms with E-state index in [2.05, 4.69) is 5.32 Å². The van der Waals surface area contributed by atoms with Crippen molar-refractivity contribution in [2.45, 2.75) is 38.8 Å². The van der Waals surface area contributed by atoms with Crippen LogP contribution >= 0.6 is 0 Å². The summed E-state index contributed by atoms with van der Waals surface area (Å²) in [5.41, 5.74) is 2.66. The Labute approximate surface area is 168 Å². The fourth-order valence-electron chi connectivity index (χ4n) is 2.58. The summed E-state index contributed by atoms with van der Waals surface area (Å²) >= 11 is 0. The molecule has 0 saturated heterocycles. The van der Waals surface area contributed by atoms with Gasteiger partial charge in [-0.15, -0.1) is 0 Å². The number of carboxylic acid groups (broad SMARTS) is 2. The van der Waals surface area contributed by atoms with Crippen LogP contribution in [0.25, 0.3) is 0 Å². The smallest absolute Gasteiger partial charge is 0.130 e. The molecule has 2 aromatic rings. The van der Waals surface area contributed by atoms with Gasteiger partial charge in [-0.3, -0.25) is 0 Å². The van der Waals surface area contributed by atoms with Crippen molar-refractivity contribution in [1.29, 1.82) is 0 Å². The number of carbonyl (C=O) groups excluding carboxylic acids is 2. The zero-order valence-electron chi connectivity index (χ0n) is 16.3. The molecule has 2 rings (SSSR count). The monoisotopic (exact) mass is 406 g/mol. The van der Waals surface area contributed by atoms with Gasteiger partial charge in [0, 0.05) is 6.42 Å². The number of aliphatic carboxylic acids is 2. The number of carbonyl (C=O) groups is 2. The molecule has 2 atom stereocenters. The molecule has 0 saturated carbocycles. The van der Waals surface area contributed by atoms with Crippen molar-refractivity contribution in [3.63, 3.8) is 0 Å². The van der Waals surface area contributed by atoms with Crippen molar-refractivity contribution in [3.8, 4) is 5.75 Å². The van der Waals surface area contributed by atoms with Crippen molar-refractivity contribution in [1.82, 2.24) is 0 Å². The maximum Gasteiger partial charge on any atom is 0.130 e. The molecule has 0 amide bonds. The van der Waals surface area contributed by atoms with Gasteiger partial charge in [-0.2, -0.15) is 0 Å². The second-order valence-corrected chi connectivity index (χ2v) is 6.68. The predicted octanol–water partition coefficient (Wildman–Crippen LogP) is -1.06. The number of aliphatic hydroxyl groups is 1. The van der Waals surface area contributed by atoms with Crippen LogP contribution < -0.4 is 15.5 Å². The van der Waals surface area contributed by atoms with Crippen molar-refractivity contribution in [2.75, 3.05) is 6.54 Å². The van der Waals surface area contributed by atoms with Gasteiger partial charge in [-0.25, -0.2) is 4.39 Å². The number of hydrogen-bond acceptors (Lipinski definition) is 6. The molecule has 0 aromatic heterocycles. The molecule has 0 aliphatic carbocycles. The van der Waals surface area contributed by atoms with Gasteiger partial charge in [0.05, 0.1) is 18.5 Å². The maximum absolute atomic E-state index is 12.8. The van der Waals surface area contributed by atoms with E-state index in [1.807, 2.05) is 38.1 Å². The van der Waals surface area contributed by atoms with Crippen LogP contribution in [-0.2, 0) is 16.0 Å². The molecule has 2 unspecified atom stereocenters. The Morgan fingerprint density at radius 2 is 1.69 bits per heavy atom. The molecule has 0 aliphatic heterocycles. The molecule has 0 bridgehead atoms. The minimum absolute atomic E-state index is 0.00493. The van der Waals surface area contributed by atoms with Gasteiger partial charge in [-0.05, 0) is 55.2 Å². The van der Waals surface area contributed by atoms with Crippen LogP contribution in [0, 0.1) is 12.7 Å². The molecule has 7 nitrogen and oxygen atoms in total. The fourth-order valence-corrected chi connectivity index (χ4v) is 2.58. The highest BCUT2D eigenvalue weighted by atomic mass is 19.1. The molecule has 8 heteroatoms. The molecule has 0 aliphatic rings. The second kappa shape index (κ2) is 11.8. The van der Waals surface area contributed by atoms with Gasteiger partial charge in [0.2, 0.25) is 0 Å². The Bertz CT molecular complexity index is 797. The maximum atomic E-state index is 12.8. The third kappa shape index (κ3) is 8.71. The Hall–Kier alpha value is -2.97. The van der Waals surface area contributed by atoms with Gasteiger partial charge in [0.1, 0.15) is 23.7 Å². The highest BCUT2D eigenvalue weighted by molar-refractivity contribution is 6.25. The van der Waals surface area contributed by atoms with Crippen molar-refractivity contribution >= 4 is 11.9 Å². The number of quaternary nitrogens is 1. The average molecular weight is 406 g/mol. The number of halogens is 1. The van der Waals surface area contributed by atoms with Gasteiger partial charge in [-0.1, -0.05) is 24.3 Å². The van der Waals surface area contributed by atoms with Crippen LogP contribution in [0.5, 0.6) is 5.75 Å². The first-order chi connectivity index (χ1) is 13.6. The lowest BCUT2D eigenvalue weighted by Gasteiger charge is -2.18. The highest BCUT2D eigenvalue weighted by Gasteiger charge is 2.19. The van der Waals surface area contributed by atoms with Crippen LogP contribution in [0.15, 0.2) is 42.5 Å². The minimum atomic E-state index is -2.19. The lowest BCUT2D eigenvalue weighted by molar-refractivity contribution is -0.694. The standard InChI is InChI=1S/C19H24FNO2.C2H2O4/c1-13-5-8-16(12-18(13)22)19(23)14(2)21-11-3-4-15-6-9-17(20)10-7-15;3-1(4)2(5)6/h5-10,12,14,19,21-23H,3-4,11H2,1-2H3;(H,3,4)(H,5,6)/p-1. The van der Waals surface area contributed by atoms with E-state index in [0.717, 1.165) is 36.1 Å². The Balaban J connectivity index is 0.000000612. The molecule has 4 N–H and O–H groups in total. The third-order valence-corrected chi connectivity index (χ3v) is 4.36. The molecule has 0 spiro atoms. The summed E-state index contributed by atoms with van der Waals surface area (Å²) in [6, 6.07) is 11.9. The second-order valence-electron chi connectivity index (χ2n) is 6.68. The lowest BCUT2D eigenvalue weighted by atomic mass is 10.0. The van der Waals surface area contributed by atoms with E-state index in [1.165, 1.54) is 12.1 Å². The number of nitrogens with two attached hydrogens (primary N) is 1. The predicted molar refractivity (Wildman–Crippen MR) is 98.8 cm³/mol. The van der Waals surface area contributed by atoms with E-state index in [4.69, 9.17) is 19.8 Å². The van der Waals surface area contributed by atoms with Gasteiger partial charge < -0.3 is 35.3 Å². The molecular formula is C21H25FNO6-. The molecule has 0 radical (unpaired) electrons. The van der Waals surface area contributed by atoms with Crippen molar-refractivity contribution < 1.29 is 39.7 Å². The zero-order chi connectivity index (χ0) is 22.0. The number of phenolic OH excluding ortho intramolecular Hbond substituents is 1. The number of hydrogen-bond donors (Lipinski definition) is 3. The van der Waals surface area contributed by atoms with Crippen LogP contribution in [0.2, 0.25) is 0 Å². The average Bonchev–Trinajstić information content (AvgIpc) is 2.68. The van der Waals surface area contributed by atoms with E-state index in [0.29, 0.717) is 0 Å². The summed E-state index contributed by atoms with van der Waals surface area (Å²) in [6.07, 6.45) is 1.24. The Kier molecular flexibility index (Phi) is 9.78. The Morgan fingerprint density at radius 3 is 2.21 bits per heavy atom. The fraction of sp³-hybridized carbons (Fsp3) is 0.333. The Morgan fingerprint density at radius 1 is 1.10 bits per heavy atom. The summed E-state index contributed by atoms with van der Waals surface area (Å²) in [7, 11) is 0. The summed E-state index contributed by atoms with van der Waals surface area (Å²) < 4.78 is 12.8. The summed E-state index contributed by atoms with van der Waals surface area (Å²) in [6.45, 7) is 4.68. The van der Waals surface area contributed by atoms with E-state index >= 15 is 0 Å². The first-order valence-electron chi connectivity index (χ1n) is 9.09. The van der Waals surface area contributed by atoms with Crippen LogP contribution in [0.3, 0.4) is 0 Å². The van der Waals surface area contributed by atoms with Gasteiger partial charge in [0.15, 0.2) is 0 Å². The van der Waals surface area contributed by atoms with Crippen LogP contribution in [0.1, 0.15) is 36.1 Å². The van der Waals surface area contributed by atoms with Crippen molar-refractivity contribution in [3.05, 3.63) is 65.0 Å². The zero-order valence-corrected chi connectivity index (χ0v) is 16.3. The lowest BCUT2D eigenvalue weighted by Crippen LogP contribution is -2.90. The van der Waals surface area contributed by atoms with Gasteiger partial charge in [0.25, 0.3) is 0 Å². The third-order valence-electron chi connectivity index (χ3n) is 4.36. The largest absolute Gasteiger partial charge is 0.543 e. The number of phenols is 1. The highest BCUT2D eigenvalue weighted by Crippen LogP contribution is 2.23. The number of aliphatic hydroxyl groups excluding tert-OH is 1. The topological polar surface area (TPSA) is 137 Å². The van der Waals surface area contributed by atoms with Crippen LogP contribution in [0.4, 0.5) is 4.39 Å². The molecular weight excluding hydrogens is 381 g/mol. The normalized spacial score (nSPS) is 12.4. The molecule has 158 valence electrons. The van der Waals surface area contributed by atoms with E-state index in [1.54, 1.807) is 6.07 Å². The quantitative estimate of drug-likeness (QED) is 0.396. The van der Waals surface area contributed by atoms with E-state index < -0.39 is 18.0 Å². The number of rotatable bonds is 7. The molecule has 2 aromatic carbocycles. The molecule has 0 fully saturated rings. The minimum Gasteiger partial charge on any atom is -0.543 e. The summed E-state index contributed by atoms with van der Waals surface area (Å²) in [4.78, 5) is 17.9. The first kappa shape index (κ1) is 24.1. The molecule has 0 heterocycles. The first-order valence-corrected chi connectivity index (χ1v) is 9.09. The SMILES string of the molecule is Cc1ccc(C(O)C(C)[NH2+]CCCc2ccc(F)cc2)cc1O.O=C([O-])C(=O)[O-]. The number of carboxylic acids is 2. The number of aryl methyl sites for hydroxylation is 2. The van der Waals surface area contributed by atoms with E-state index in [-0.39, 0.29) is 17.6 Å².